The lowest BCUT2D eigenvalue weighted by Crippen LogP contribution is -2.19. The Kier molecular flexibility index (Phi) is 10.7. The molecule has 0 aliphatic heterocycles. The fraction of sp³-hybridized carbons (Fsp3) is 0.200. The molecule has 0 saturated heterocycles. The Bertz CT molecular complexity index is 3590. The van der Waals surface area contributed by atoms with Crippen LogP contribution in [0.15, 0.2) is 187 Å². The lowest BCUT2D eigenvalue weighted by molar-refractivity contribution is 0.590. The molecule has 0 unspecified atom stereocenters. The maximum Gasteiger partial charge on any atom is 0.145 e. The molecule has 0 N–H and O–H groups in total. The zero-order chi connectivity index (χ0) is 48.7. The van der Waals surface area contributed by atoms with Crippen molar-refractivity contribution in [3.63, 3.8) is 0 Å². The summed E-state index contributed by atoms with van der Waals surface area (Å²) in [6, 6.07) is 61.8. The monoisotopic (exact) mass is 912 g/mol. The summed E-state index contributed by atoms with van der Waals surface area (Å²) in [5.41, 5.74) is 19.2. The molecule has 10 aromatic rings. The average molecular weight is 913 g/mol. The maximum absolute atomic E-state index is 7.17. The number of furan rings is 1. The van der Waals surface area contributed by atoms with Crippen molar-refractivity contribution in [3.8, 4) is 33.4 Å². The molecule has 0 saturated carbocycles. The van der Waals surface area contributed by atoms with E-state index in [0.29, 0.717) is 0 Å². The van der Waals surface area contributed by atoms with Crippen LogP contribution in [-0.4, -0.2) is 9.97 Å². The van der Waals surface area contributed by atoms with Crippen molar-refractivity contribution in [3.05, 3.63) is 216 Å². The van der Waals surface area contributed by atoms with Crippen LogP contribution in [-0.2, 0) is 16.2 Å². The molecule has 0 atom stereocenters. The highest BCUT2D eigenvalue weighted by molar-refractivity contribution is 6.19. The zero-order valence-corrected chi connectivity index (χ0v) is 42.0. The highest BCUT2D eigenvalue weighted by atomic mass is 16.3. The number of para-hydroxylation sites is 1. The summed E-state index contributed by atoms with van der Waals surface area (Å²) in [6.07, 6.45) is 3.98. The first-order valence-corrected chi connectivity index (χ1v) is 24.6. The second-order valence-corrected chi connectivity index (χ2v) is 21.7. The van der Waals surface area contributed by atoms with E-state index < -0.39 is 5.41 Å². The van der Waals surface area contributed by atoms with Crippen LogP contribution >= 0.6 is 0 Å². The topological polar surface area (TPSA) is 45.4 Å². The number of pyridine rings is 2. The molecule has 11 rings (SSSR count). The summed E-state index contributed by atoms with van der Waals surface area (Å²) in [6.45, 7) is 22.6. The quantitative estimate of drug-likeness (QED) is 0.152. The van der Waals surface area contributed by atoms with Gasteiger partial charge in [0.25, 0.3) is 0 Å². The molecule has 0 amide bonds. The molecule has 0 spiro atoms. The van der Waals surface area contributed by atoms with Crippen molar-refractivity contribution in [2.45, 2.75) is 85.5 Å². The molecule has 346 valence electrons. The number of hydrogen-bond acceptors (Lipinski definition) is 5. The Balaban J connectivity index is 1.16. The number of fused-ring (bicyclic) bond motifs is 7. The SMILES string of the molecule is Cc1cnc(N(c2ccc(C(C)(C)C)cc2)c2ccc3c(c2)C(C)(C)c2cc(N(c4ccc(C(C)(C)C)cc4)c4ncc(C)cc4-c4ccccc4)c4c(oc5ccccc54)c2-3)c(-c2ccccc2)c1. The predicted molar refractivity (Wildman–Crippen MR) is 294 cm³/mol. The molecule has 1 aliphatic rings. The van der Waals surface area contributed by atoms with E-state index in [1.54, 1.807) is 0 Å². The van der Waals surface area contributed by atoms with E-state index in [4.69, 9.17) is 14.4 Å². The number of hydrogen-bond donors (Lipinski definition) is 0. The summed E-state index contributed by atoms with van der Waals surface area (Å²) in [5.74, 6) is 1.74. The van der Waals surface area contributed by atoms with Crippen LogP contribution in [0.5, 0.6) is 0 Å². The lowest BCUT2D eigenvalue weighted by Gasteiger charge is -2.31. The number of nitrogens with zero attached hydrogens (tertiary/aromatic N) is 4. The van der Waals surface area contributed by atoms with Crippen molar-refractivity contribution in [2.75, 3.05) is 9.80 Å². The number of anilines is 6. The summed E-state index contributed by atoms with van der Waals surface area (Å²) in [4.78, 5) is 15.3. The van der Waals surface area contributed by atoms with Gasteiger partial charge in [-0.3, -0.25) is 9.80 Å². The standard InChI is InChI=1S/C65H60N4O/c1-41-35-52(43-19-13-11-14-20-43)61(66-39-41)68(47-29-25-45(26-30-47)63(3,4)5)49-33-34-50-54(37-49)65(9,10)55-38-56(59-51-23-17-18-24-57(51)70-60(59)58(50)55)69(48-31-27-46(28-32-48)64(6,7)8)62-53(36-42(2)40-67-62)44-21-15-12-16-22-44/h11-40H,1-10H3. The summed E-state index contributed by atoms with van der Waals surface area (Å²) in [7, 11) is 0. The van der Waals surface area contributed by atoms with Gasteiger partial charge in [0, 0.05) is 56.9 Å². The third-order valence-electron chi connectivity index (χ3n) is 14.3. The minimum atomic E-state index is -0.446. The Labute approximate surface area is 413 Å². The van der Waals surface area contributed by atoms with Crippen molar-refractivity contribution >= 4 is 56.3 Å². The lowest BCUT2D eigenvalue weighted by atomic mass is 9.81. The van der Waals surface area contributed by atoms with Crippen LogP contribution in [0.25, 0.3) is 55.3 Å². The predicted octanol–water partition coefficient (Wildman–Crippen LogP) is 18.2. The molecule has 5 heteroatoms. The minimum Gasteiger partial charge on any atom is -0.455 e. The summed E-state index contributed by atoms with van der Waals surface area (Å²) >= 11 is 0. The first-order valence-electron chi connectivity index (χ1n) is 24.6. The second-order valence-electron chi connectivity index (χ2n) is 21.7. The number of aromatic nitrogens is 2. The second kappa shape index (κ2) is 16.7. The van der Waals surface area contributed by atoms with Crippen LogP contribution in [0.3, 0.4) is 0 Å². The fourth-order valence-corrected chi connectivity index (χ4v) is 10.5. The molecule has 0 fully saturated rings. The number of aryl methyl sites for hydroxylation is 2. The van der Waals surface area contributed by atoms with E-state index in [0.717, 1.165) is 95.3 Å². The first-order chi connectivity index (χ1) is 33.6. The van der Waals surface area contributed by atoms with Crippen molar-refractivity contribution in [1.82, 2.24) is 9.97 Å². The highest BCUT2D eigenvalue weighted by Gasteiger charge is 2.41. The fourth-order valence-electron chi connectivity index (χ4n) is 10.5. The Hall–Kier alpha value is -7.76. The van der Waals surface area contributed by atoms with Gasteiger partial charge in [-0.25, -0.2) is 9.97 Å². The average Bonchev–Trinajstić information content (AvgIpc) is 3.85. The van der Waals surface area contributed by atoms with Crippen LogP contribution in [0.2, 0.25) is 0 Å². The highest BCUT2D eigenvalue weighted by Crippen LogP contribution is 2.58. The van der Waals surface area contributed by atoms with Crippen molar-refractivity contribution < 1.29 is 4.42 Å². The Morgan fingerprint density at radius 1 is 0.471 bits per heavy atom. The van der Waals surface area contributed by atoms with E-state index in [1.807, 2.05) is 12.4 Å². The van der Waals surface area contributed by atoms with Gasteiger partial charge in [-0.1, -0.05) is 165 Å². The van der Waals surface area contributed by atoms with E-state index in [1.165, 1.54) is 27.8 Å². The van der Waals surface area contributed by atoms with E-state index in [2.05, 4.69) is 249 Å². The molecule has 70 heavy (non-hydrogen) atoms. The molecular formula is C65H60N4O. The van der Waals surface area contributed by atoms with E-state index >= 15 is 0 Å². The molecule has 3 heterocycles. The smallest absolute Gasteiger partial charge is 0.145 e. The van der Waals surface area contributed by atoms with Gasteiger partial charge in [-0.2, -0.15) is 0 Å². The molecule has 0 radical (unpaired) electrons. The van der Waals surface area contributed by atoms with E-state index in [9.17, 15) is 0 Å². The third-order valence-corrected chi connectivity index (χ3v) is 14.3. The molecule has 7 aromatic carbocycles. The number of rotatable bonds is 8. The van der Waals surface area contributed by atoms with Gasteiger partial charge in [0.2, 0.25) is 0 Å². The third kappa shape index (κ3) is 7.65. The van der Waals surface area contributed by atoms with Gasteiger partial charge in [-0.05, 0) is 135 Å². The normalized spacial score (nSPS) is 13.1. The zero-order valence-electron chi connectivity index (χ0n) is 42.0. The van der Waals surface area contributed by atoms with Crippen LogP contribution in [0.1, 0.15) is 88.8 Å². The molecule has 0 bridgehead atoms. The van der Waals surface area contributed by atoms with Gasteiger partial charge >= 0.3 is 0 Å². The van der Waals surface area contributed by atoms with Crippen LogP contribution in [0, 0.1) is 13.8 Å². The largest absolute Gasteiger partial charge is 0.455 e. The summed E-state index contributed by atoms with van der Waals surface area (Å²) < 4.78 is 7.17. The molecular weight excluding hydrogens is 853 g/mol. The van der Waals surface area contributed by atoms with Gasteiger partial charge in [0.1, 0.15) is 22.8 Å². The molecule has 5 nitrogen and oxygen atoms in total. The first kappa shape index (κ1) is 44.7. The Morgan fingerprint density at radius 3 is 1.50 bits per heavy atom. The Morgan fingerprint density at radius 2 is 0.957 bits per heavy atom. The van der Waals surface area contributed by atoms with Crippen LogP contribution in [0.4, 0.5) is 34.4 Å². The van der Waals surface area contributed by atoms with Crippen molar-refractivity contribution in [2.24, 2.45) is 0 Å². The molecule has 3 aromatic heterocycles. The van der Waals surface area contributed by atoms with Crippen molar-refractivity contribution in [1.29, 1.82) is 0 Å². The molecule has 1 aliphatic carbocycles. The minimum absolute atomic E-state index is 0.00890. The van der Waals surface area contributed by atoms with Gasteiger partial charge < -0.3 is 4.42 Å². The maximum atomic E-state index is 7.17. The van der Waals surface area contributed by atoms with Gasteiger partial charge in [0.05, 0.1) is 11.1 Å². The van der Waals surface area contributed by atoms with Gasteiger partial charge in [0.15, 0.2) is 0 Å². The van der Waals surface area contributed by atoms with Crippen LogP contribution < -0.4 is 9.80 Å². The van der Waals surface area contributed by atoms with E-state index in [-0.39, 0.29) is 10.8 Å². The van der Waals surface area contributed by atoms with Gasteiger partial charge in [-0.15, -0.1) is 0 Å². The number of benzene rings is 7. The summed E-state index contributed by atoms with van der Waals surface area (Å²) in [5, 5.41) is 2.12.